The molecule has 0 rings (SSSR count). The van der Waals surface area contributed by atoms with E-state index in [2.05, 4.69) is 29.5 Å². The summed E-state index contributed by atoms with van der Waals surface area (Å²) in [5, 5.41) is 13.4. The molecule has 0 aromatic rings. The summed E-state index contributed by atoms with van der Waals surface area (Å²) >= 11 is 0. The predicted molar refractivity (Wildman–Crippen MR) is 74.2 cm³/mol. The molecular formula is C13H27N3O2. The summed E-state index contributed by atoms with van der Waals surface area (Å²) in [7, 11) is 4.21. The second kappa shape index (κ2) is 12.4. The maximum absolute atomic E-state index is 10.9. The Morgan fingerprint density at radius 3 is 2.22 bits per heavy atom. The summed E-state index contributed by atoms with van der Waals surface area (Å²) < 4.78 is 0. The van der Waals surface area contributed by atoms with Crippen LogP contribution in [0.5, 0.6) is 0 Å². The summed E-state index contributed by atoms with van der Waals surface area (Å²) in [6, 6.07) is 0. The fourth-order valence-corrected chi connectivity index (χ4v) is 1.75. The third kappa shape index (κ3) is 13.0. The molecule has 0 spiro atoms. The van der Waals surface area contributed by atoms with Crippen molar-refractivity contribution in [3.05, 3.63) is 0 Å². The topological polar surface area (TPSA) is 64.9 Å². The summed E-state index contributed by atoms with van der Waals surface area (Å²) in [6.45, 7) is 1.84. The maximum Gasteiger partial charge on any atom is 0.265 e. The van der Waals surface area contributed by atoms with Gasteiger partial charge in [-0.1, -0.05) is 37.3 Å². The first-order chi connectivity index (χ1) is 8.66. The minimum atomic E-state index is -0.332. The van der Waals surface area contributed by atoms with Crippen molar-refractivity contribution in [1.29, 1.82) is 0 Å². The SMILES string of the molecule is CN(C)CCCCCCCCCNC(=O)/C=N/O. The number of unbranched alkanes of at least 4 members (excludes halogenated alkanes) is 6. The van der Waals surface area contributed by atoms with Crippen molar-refractivity contribution in [2.24, 2.45) is 5.16 Å². The van der Waals surface area contributed by atoms with Gasteiger partial charge in [0.2, 0.25) is 0 Å². The number of hydrogen-bond acceptors (Lipinski definition) is 4. The molecule has 0 aliphatic heterocycles. The van der Waals surface area contributed by atoms with Gasteiger partial charge in [-0.15, -0.1) is 0 Å². The molecule has 0 aliphatic rings. The van der Waals surface area contributed by atoms with Crippen molar-refractivity contribution < 1.29 is 10.0 Å². The normalized spacial score (nSPS) is 11.3. The van der Waals surface area contributed by atoms with Crippen LogP contribution in [0.1, 0.15) is 44.9 Å². The number of oxime groups is 1. The van der Waals surface area contributed by atoms with Crippen LogP contribution < -0.4 is 5.32 Å². The van der Waals surface area contributed by atoms with Crippen LogP contribution in [0.2, 0.25) is 0 Å². The van der Waals surface area contributed by atoms with E-state index in [-0.39, 0.29) is 5.91 Å². The molecule has 0 radical (unpaired) electrons. The Hall–Kier alpha value is -1.10. The fraction of sp³-hybridized carbons (Fsp3) is 0.846. The molecule has 2 N–H and O–H groups in total. The molecule has 0 heterocycles. The lowest BCUT2D eigenvalue weighted by atomic mass is 10.1. The Bertz CT molecular complexity index is 230. The number of carbonyl (C=O) groups excluding carboxylic acids is 1. The Kier molecular flexibility index (Phi) is 11.6. The van der Waals surface area contributed by atoms with Gasteiger partial charge in [-0.25, -0.2) is 0 Å². The first-order valence-electron chi connectivity index (χ1n) is 6.77. The molecule has 0 unspecified atom stereocenters. The minimum absolute atomic E-state index is 0.332. The van der Waals surface area contributed by atoms with Crippen LogP contribution >= 0.6 is 0 Å². The molecule has 1 amide bonds. The molecule has 0 bridgehead atoms. The molecule has 0 saturated carbocycles. The van der Waals surface area contributed by atoms with E-state index in [1.165, 1.54) is 38.6 Å². The highest BCUT2D eigenvalue weighted by atomic mass is 16.4. The lowest BCUT2D eigenvalue weighted by molar-refractivity contribution is -0.114. The van der Waals surface area contributed by atoms with E-state index in [9.17, 15) is 4.79 Å². The van der Waals surface area contributed by atoms with E-state index in [4.69, 9.17) is 5.21 Å². The first kappa shape index (κ1) is 16.9. The summed E-state index contributed by atoms with van der Waals surface area (Å²) in [6.07, 6.45) is 9.41. The van der Waals surface area contributed by atoms with Gasteiger partial charge in [0, 0.05) is 6.54 Å². The van der Waals surface area contributed by atoms with Crippen LogP contribution in [0.3, 0.4) is 0 Å². The fourth-order valence-electron chi connectivity index (χ4n) is 1.75. The highest BCUT2D eigenvalue weighted by molar-refractivity contribution is 6.25. The van der Waals surface area contributed by atoms with E-state index in [1.54, 1.807) is 0 Å². The standard InChI is InChI=1S/C13H27N3O2/c1-16(2)11-9-7-5-3-4-6-8-10-14-13(17)12-15-18/h12,18H,3-11H2,1-2H3,(H,14,17)/b15-12+. The lowest BCUT2D eigenvalue weighted by Crippen LogP contribution is -2.25. The van der Waals surface area contributed by atoms with Gasteiger partial charge in [-0.3, -0.25) is 4.79 Å². The molecule has 0 fully saturated rings. The number of carbonyl (C=O) groups is 1. The highest BCUT2D eigenvalue weighted by Gasteiger charge is 1.96. The lowest BCUT2D eigenvalue weighted by Gasteiger charge is -2.08. The van der Waals surface area contributed by atoms with Crippen LogP contribution in [0.4, 0.5) is 0 Å². The van der Waals surface area contributed by atoms with Crippen molar-refractivity contribution in [3.63, 3.8) is 0 Å². The monoisotopic (exact) mass is 257 g/mol. The van der Waals surface area contributed by atoms with Crippen molar-refractivity contribution in [1.82, 2.24) is 10.2 Å². The first-order valence-corrected chi connectivity index (χ1v) is 6.77. The molecule has 0 atom stereocenters. The molecule has 5 nitrogen and oxygen atoms in total. The largest absolute Gasteiger partial charge is 0.411 e. The highest BCUT2D eigenvalue weighted by Crippen LogP contribution is 2.06. The molecule has 0 aromatic carbocycles. The predicted octanol–water partition coefficient (Wildman–Crippen LogP) is 1.85. The molecule has 106 valence electrons. The van der Waals surface area contributed by atoms with Gasteiger partial charge in [0.05, 0.1) is 0 Å². The number of nitrogens with one attached hydrogen (secondary N) is 1. The van der Waals surface area contributed by atoms with Crippen molar-refractivity contribution >= 4 is 12.1 Å². The van der Waals surface area contributed by atoms with Crippen LogP contribution in [0.25, 0.3) is 0 Å². The second-order valence-corrected chi connectivity index (χ2v) is 4.81. The number of amides is 1. The van der Waals surface area contributed by atoms with E-state index in [0.717, 1.165) is 19.1 Å². The van der Waals surface area contributed by atoms with Crippen LogP contribution in [-0.2, 0) is 4.79 Å². The van der Waals surface area contributed by atoms with Gasteiger partial charge in [-0.2, -0.15) is 0 Å². The maximum atomic E-state index is 10.9. The number of rotatable bonds is 11. The average Bonchev–Trinajstić information content (AvgIpc) is 2.31. The Morgan fingerprint density at radius 2 is 1.67 bits per heavy atom. The summed E-state index contributed by atoms with van der Waals surface area (Å²) in [5.74, 6) is -0.332. The Balaban J connectivity index is 3.10. The molecular weight excluding hydrogens is 230 g/mol. The molecule has 18 heavy (non-hydrogen) atoms. The van der Waals surface area contributed by atoms with E-state index < -0.39 is 0 Å². The van der Waals surface area contributed by atoms with Gasteiger partial charge < -0.3 is 15.4 Å². The van der Waals surface area contributed by atoms with Gasteiger partial charge in [0.15, 0.2) is 0 Å². The molecule has 0 aromatic heterocycles. The van der Waals surface area contributed by atoms with Crippen LogP contribution in [-0.4, -0.2) is 49.4 Å². The van der Waals surface area contributed by atoms with Crippen molar-refractivity contribution in [2.75, 3.05) is 27.2 Å². The van der Waals surface area contributed by atoms with E-state index >= 15 is 0 Å². The van der Waals surface area contributed by atoms with Crippen LogP contribution in [0, 0.1) is 0 Å². The van der Waals surface area contributed by atoms with E-state index in [0.29, 0.717) is 6.54 Å². The minimum Gasteiger partial charge on any atom is -0.411 e. The van der Waals surface area contributed by atoms with Gasteiger partial charge in [-0.05, 0) is 33.5 Å². The van der Waals surface area contributed by atoms with Crippen molar-refractivity contribution in [2.45, 2.75) is 44.9 Å². The number of nitrogens with zero attached hydrogens (tertiary/aromatic N) is 2. The zero-order valence-corrected chi connectivity index (χ0v) is 11.7. The molecule has 0 saturated heterocycles. The Morgan fingerprint density at radius 1 is 1.11 bits per heavy atom. The van der Waals surface area contributed by atoms with Gasteiger partial charge in [0.1, 0.15) is 6.21 Å². The third-order valence-corrected chi connectivity index (χ3v) is 2.76. The van der Waals surface area contributed by atoms with Crippen LogP contribution in [0.15, 0.2) is 5.16 Å². The molecule has 5 heteroatoms. The quantitative estimate of drug-likeness (QED) is 0.257. The Labute approximate surface area is 110 Å². The summed E-state index contributed by atoms with van der Waals surface area (Å²) in [4.78, 5) is 13.1. The smallest absolute Gasteiger partial charge is 0.265 e. The average molecular weight is 257 g/mol. The third-order valence-electron chi connectivity index (χ3n) is 2.76. The zero-order chi connectivity index (χ0) is 13.6. The molecule has 0 aliphatic carbocycles. The number of hydrogen-bond donors (Lipinski definition) is 2. The van der Waals surface area contributed by atoms with Crippen molar-refractivity contribution in [3.8, 4) is 0 Å². The van der Waals surface area contributed by atoms with Gasteiger partial charge in [0.25, 0.3) is 5.91 Å². The summed E-state index contributed by atoms with van der Waals surface area (Å²) in [5.41, 5.74) is 0. The van der Waals surface area contributed by atoms with E-state index in [1.807, 2.05) is 0 Å². The zero-order valence-electron chi connectivity index (χ0n) is 11.7. The van der Waals surface area contributed by atoms with Gasteiger partial charge >= 0.3 is 0 Å². The second-order valence-electron chi connectivity index (χ2n) is 4.81.